The first-order valence-corrected chi connectivity index (χ1v) is 14.3. The summed E-state index contributed by atoms with van der Waals surface area (Å²) in [4.78, 5) is 14.9. The van der Waals surface area contributed by atoms with Crippen LogP contribution in [0.15, 0.2) is 66.7 Å². The number of phenolic OH excluding ortho intramolecular Hbond substituents is 1. The molecule has 9 nitrogen and oxygen atoms in total. The predicted molar refractivity (Wildman–Crippen MR) is 164 cm³/mol. The van der Waals surface area contributed by atoms with E-state index in [9.17, 15) is 29.8 Å². The van der Waals surface area contributed by atoms with E-state index in [0.717, 1.165) is 11.1 Å². The summed E-state index contributed by atoms with van der Waals surface area (Å²) < 4.78 is 27.3. The van der Waals surface area contributed by atoms with Crippen LogP contribution < -0.4 is 14.8 Å². The van der Waals surface area contributed by atoms with Crippen LogP contribution in [-0.2, 0) is 24.4 Å². The summed E-state index contributed by atoms with van der Waals surface area (Å²) in [6.07, 6.45) is 0.763. The summed E-state index contributed by atoms with van der Waals surface area (Å²) >= 11 is 6.66. The van der Waals surface area contributed by atoms with E-state index in [1.54, 1.807) is 48.5 Å². The van der Waals surface area contributed by atoms with Crippen molar-refractivity contribution in [2.75, 3.05) is 6.61 Å². The van der Waals surface area contributed by atoms with Gasteiger partial charge < -0.3 is 24.8 Å². The van der Waals surface area contributed by atoms with Gasteiger partial charge >= 0.3 is 5.97 Å². The van der Waals surface area contributed by atoms with E-state index in [1.165, 1.54) is 12.1 Å². The molecule has 228 valence electrons. The summed E-state index contributed by atoms with van der Waals surface area (Å²) in [5, 5.41) is 41.1. The number of aromatic hydroxyl groups is 1. The SMILES string of the molecule is [C-]#[N+]c1cc(C#N)cc(COc2cc(O[C@H]3CCc4c(-c5cccc(O)c5F)cccc43)c(Cl)cc2CN[C@@H](CO)C(=O)O)c1. The number of phenols is 1. The topological polar surface area (TPSA) is 136 Å². The van der Waals surface area contributed by atoms with Crippen molar-refractivity contribution in [3.63, 3.8) is 0 Å². The van der Waals surface area contributed by atoms with Crippen molar-refractivity contribution in [2.45, 2.75) is 38.1 Å². The van der Waals surface area contributed by atoms with Crippen LogP contribution in [0.1, 0.15) is 40.3 Å². The minimum absolute atomic E-state index is 0.0104. The van der Waals surface area contributed by atoms with Gasteiger partial charge in [-0.15, -0.1) is 0 Å². The molecule has 1 aliphatic rings. The lowest BCUT2D eigenvalue weighted by Crippen LogP contribution is -2.39. The number of carbonyl (C=O) groups is 1. The summed E-state index contributed by atoms with van der Waals surface area (Å²) in [5.74, 6) is -1.74. The Balaban J connectivity index is 1.45. The number of nitrogens with one attached hydrogen (secondary N) is 1. The molecule has 45 heavy (non-hydrogen) atoms. The lowest BCUT2D eigenvalue weighted by molar-refractivity contribution is -0.140. The molecule has 0 saturated heterocycles. The molecule has 0 heterocycles. The zero-order chi connectivity index (χ0) is 32.1. The van der Waals surface area contributed by atoms with Crippen molar-refractivity contribution in [3.05, 3.63) is 117 Å². The van der Waals surface area contributed by atoms with Gasteiger partial charge in [0.15, 0.2) is 17.3 Å². The number of benzene rings is 4. The number of carboxylic acid groups (broad SMARTS) is 1. The number of hydrogen-bond donors (Lipinski definition) is 4. The highest BCUT2D eigenvalue weighted by molar-refractivity contribution is 6.32. The second-order valence-corrected chi connectivity index (χ2v) is 10.8. The molecule has 0 spiro atoms. The molecular weight excluding hydrogens is 601 g/mol. The minimum atomic E-state index is -1.23. The first kappa shape index (κ1) is 31.3. The number of aliphatic hydroxyl groups excluding tert-OH is 1. The third-order valence-corrected chi connectivity index (χ3v) is 7.81. The number of aliphatic carboxylic acids is 1. The van der Waals surface area contributed by atoms with Crippen LogP contribution >= 0.6 is 11.6 Å². The average molecular weight is 628 g/mol. The summed E-state index contributed by atoms with van der Waals surface area (Å²) in [6, 6.07) is 18.7. The van der Waals surface area contributed by atoms with Crippen LogP contribution in [0.2, 0.25) is 5.02 Å². The number of hydrogen-bond acceptors (Lipinski definition) is 7. The lowest BCUT2D eigenvalue weighted by Gasteiger charge is -2.20. The monoisotopic (exact) mass is 627 g/mol. The van der Waals surface area contributed by atoms with Crippen LogP contribution in [0.4, 0.5) is 10.1 Å². The lowest BCUT2D eigenvalue weighted by atomic mass is 9.96. The molecule has 0 bridgehead atoms. The van der Waals surface area contributed by atoms with Gasteiger partial charge in [-0.05, 0) is 65.4 Å². The van der Waals surface area contributed by atoms with Gasteiger partial charge in [-0.2, -0.15) is 5.26 Å². The first-order chi connectivity index (χ1) is 21.7. The van der Waals surface area contributed by atoms with Gasteiger partial charge in [-0.25, -0.2) is 9.24 Å². The van der Waals surface area contributed by atoms with Gasteiger partial charge in [0.2, 0.25) is 0 Å². The molecule has 2 atom stereocenters. The molecular formula is C34H27ClFN3O6. The molecule has 5 rings (SSSR count). The van der Waals surface area contributed by atoms with Gasteiger partial charge in [0.05, 0.1) is 24.3 Å². The molecule has 0 amide bonds. The maximum Gasteiger partial charge on any atom is 0.323 e. The quantitative estimate of drug-likeness (QED) is 0.139. The maximum absolute atomic E-state index is 14.8. The normalized spacial score (nSPS) is 14.2. The third kappa shape index (κ3) is 6.84. The molecule has 0 aliphatic heterocycles. The Morgan fingerprint density at radius 3 is 2.67 bits per heavy atom. The summed E-state index contributed by atoms with van der Waals surface area (Å²) in [6.45, 7) is 6.67. The number of ether oxygens (including phenoxy) is 2. The van der Waals surface area contributed by atoms with Crippen molar-refractivity contribution < 1.29 is 34.0 Å². The van der Waals surface area contributed by atoms with Gasteiger partial charge in [0.25, 0.3) is 0 Å². The highest BCUT2D eigenvalue weighted by atomic mass is 35.5. The van der Waals surface area contributed by atoms with Crippen molar-refractivity contribution >= 4 is 23.3 Å². The van der Waals surface area contributed by atoms with E-state index in [0.29, 0.717) is 52.2 Å². The van der Waals surface area contributed by atoms with Crippen molar-refractivity contribution in [1.29, 1.82) is 5.26 Å². The number of nitrogens with zero attached hydrogens (tertiary/aromatic N) is 2. The molecule has 4 aromatic carbocycles. The fraction of sp³-hybridized carbons (Fsp3) is 0.206. The molecule has 0 unspecified atom stereocenters. The molecule has 11 heteroatoms. The van der Waals surface area contributed by atoms with Crippen molar-refractivity contribution in [1.82, 2.24) is 5.32 Å². The minimum Gasteiger partial charge on any atom is -0.505 e. The Morgan fingerprint density at radius 1 is 1.16 bits per heavy atom. The smallest absolute Gasteiger partial charge is 0.323 e. The molecule has 0 saturated carbocycles. The average Bonchev–Trinajstić information content (AvgIpc) is 3.45. The second kappa shape index (κ2) is 13.7. The summed E-state index contributed by atoms with van der Waals surface area (Å²) in [5.41, 5.74) is 4.37. The van der Waals surface area contributed by atoms with E-state index < -0.39 is 36.3 Å². The van der Waals surface area contributed by atoms with Crippen LogP contribution in [0, 0.1) is 23.7 Å². The van der Waals surface area contributed by atoms with E-state index in [4.69, 9.17) is 27.6 Å². The van der Waals surface area contributed by atoms with E-state index in [1.807, 2.05) is 12.1 Å². The molecule has 0 radical (unpaired) electrons. The fourth-order valence-corrected chi connectivity index (χ4v) is 5.55. The van der Waals surface area contributed by atoms with Gasteiger partial charge in [-0.3, -0.25) is 10.1 Å². The van der Waals surface area contributed by atoms with E-state index in [-0.39, 0.29) is 23.9 Å². The van der Waals surface area contributed by atoms with Crippen LogP contribution in [0.25, 0.3) is 16.0 Å². The van der Waals surface area contributed by atoms with Crippen LogP contribution in [0.3, 0.4) is 0 Å². The van der Waals surface area contributed by atoms with Crippen LogP contribution in [0.5, 0.6) is 17.2 Å². The number of nitriles is 1. The number of halogens is 2. The molecule has 0 fully saturated rings. The molecule has 4 N–H and O–H groups in total. The fourth-order valence-electron chi connectivity index (χ4n) is 5.32. The molecule has 4 aromatic rings. The molecule has 0 aromatic heterocycles. The van der Waals surface area contributed by atoms with E-state index >= 15 is 0 Å². The zero-order valence-electron chi connectivity index (χ0n) is 23.8. The second-order valence-electron chi connectivity index (χ2n) is 10.4. The first-order valence-electron chi connectivity index (χ1n) is 13.9. The number of carboxylic acids is 1. The number of rotatable bonds is 11. The highest BCUT2D eigenvalue weighted by Crippen LogP contribution is 2.43. The standard InChI is InChI=1S/C34H27ClFN3O6/c1-38-22-11-19(15-37)10-20(12-22)18-44-31-14-32(27(35)13-21(31)16-39-28(17-40)34(42)43)45-30-9-8-24-23(4-2-5-25(24)30)26-6-3-7-29(41)33(26)36/h2-7,10-14,28,30,39-41H,8-9,16-18H2,(H,42,43)/t28-,30-/m0/s1. The Labute approximate surface area is 263 Å². The third-order valence-electron chi connectivity index (χ3n) is 7.52. The Morgan fingerprint density at radius 2 is 1.93 bits per heavy atom. The van der Waals surface area contributed by atoms with Gasteiger partial charge in [0, 0.05) is 29.3 Å². The highest BCUT2D eigenvalue weighted by Gasteiger charge is 2.29. The Hall–Kier alpha value is -5.13. The largest absolute Gasteiger partial charge is 0.505 e. The number of fused-ring (bicyclic) bond motifs is 1. The van der Waals surface area contributed by atoms with E-state index in [2.05, 4.69) is 10.2 Å². The van der Waals surface area contributed by atoms with Crippen molar-refractivity contribution in [3.8, 4) is 34.4 Å². The van der Waals surface area contributed by atoms with Gasteiger partial charge in [0.1, 0.15) is 30.3 Å². The predicted octanol–water partition coefficient (Wildman–Crippen LogP) is 6.45. The van der Waals surface area contributed by atoms with Crippen LogP contribution in [-0.4, -0.2) is 33.9 Å². The number of aliphatic hydroxyl groups is 1. The summed E-state index contributed by atoms with van der Waals surface area (Å²) in [7, 11) is 0. The zero-order valence-corrected chi connectivity index (χ0v) is 24.5. The van der Waals surface area contributed by atoms with Gasteiger partial charge in [-0.1, -0.05) is 41.9 Å². The molecule has 1 aliphatic carbocycles. The maximum atomic E-state index is 14.8. The Bertz CT molecular complexity index is 1820. The Kier molecular flexibility index (Phi) is 9.50. The van der Waals surface area contributed by atoms with Crippen molar-refractivity contribution in [2.24, 2.45) is 0 Å².